The van der Waals surface area contributed by atoms with Crippen molar-refractivity contribution in [3.05, 3.63) is 146 Å². The topological polar surface area (TPSA) is 91.0 Å². The van der Waals surface area contributed by atoms with Crippen LogP contribution in [0.1, 0.15) is 0 Å². The second-order valence-corrected chi connectivity index (χ2v) is 12.6. The van der Waals surface area contributed by atoms with E-state index in [2.05, 4.69) is 53.5 Å². The summed E-state index contributed by atoms with van der Waals surface area (Å²) in [5.41, 5.74) is 9.19. The number of fused-ring (bicyclic) bond motifs is 9. The molecule has 0 aliphatic heterocycles. The summed E-state index contributed by atoms with van der Waals surface area (Å²) in [6, 6.07) is 44.8. The van der Waals surface area contributed by atoms with Gasteiger partial charge in [0.05, 0.1) is 5.56 Å². The van der Waals surface area contributed by atoms with Crippen molar-refractivity contribution in [2.24, 2.45) is 0 Å². The van der Waals surface area contributed by atoms with Crippen LogP contribution < -0.4 is 0 Å². The number of nitrogens with zero attached hydrogens (tertiary/aromatic N) is 4. The zero-order valence-corrected chi connectivity index (χ0v) is 26.9. The van der Waals surface area contributed by atoms with Crippen LogP contribution in [0, 0.1) is 0 Å². The molecule has 6 aromatic carbocycles. The summed E-state index contributed by atoms with van der Waals surface area (Å²) in [6.45, 7) is 0. The Balaban J connectivity index is 1.14. The maximum atomic E-state index is 6.67. The van der Waals surface area contributed by atoms with Crippen LogP contribution in [0.5, 0.6) is 0 Å². The van der Waals surface area contributed by atoms with Gasteiger partial charge >= 0.3 is 0 Å². The predicted molar refractivity (Wildman–Crippen MR) is 201 cm³/mol. The van der Waals surface area contributed by atoms with E-state index < -0.39 is 0 Å². The van der Waals surface area contributed by atoms with Gasteiger partial charge in [-0.05, 0) is 71.8 Å². The van der Waals surface area contributed by atoms with Gasteiger partial charge in [0.15, 0.2) is 17.5 Å². The Morgan fingerprint density at radius 2 is 0.922 bits per heavy atom. The van der Waals surface area contributed by atoms with Crippen molar-refractivity contribution in [2.75, 3.05) is 0 Å². The molecule has 0 saturated heterocycles. The van der Waals surface area contributed by atoms with E-state index >= 15 is 0 Å². The molecule has 0 fully saturated rings. The second kappa shape index (κ2) is 10.7. The lowest BCUT2D eigenvalue weighted by Crippen LogP contribution is -2.00. The molecule has 0 spiro atoms. The normalized spacial score (nSPS) is 11.9. The minimum atomic E-state index is 0.492. The van der Waals surface area contributed by atoms with Crippen molar-refractivity contribution in [3.8, 4) is 45.3 Å². The van der Waals surface area contributed by atoms with E-state index in [9.17, 15) is 0 Å². The van der Waals surface area contributed by atoms with Gasteiger partial charge in [-0.1, -0.05) is 72.8 Å². The first-order valence-corrected chi connectivity index (χ1v) is 16.7. The Kier molecular flexibility index (Phi) is 5.83. The fourth-order valence-electron chi connectivity index (χ4n) is 7.25. The van der Waals surface area contributed by atoms with Gasteiger partial charge in [0.25, 0.3) is 0 Å². The van der Waals surface area contributed by atoms with E-state index in [0.29, 0.717) is 23.1 Å². The van der Waals surface area contributed by atoms with Crippen molar-refractivity contribution in [1.82, 2.24) is 19.9 Å². The first kappa shape index (κ1) is 27.8. The van der Waals surface area contributed by atoms with Crippen LogP contribution in [0.2, 0.25) is 0 Å². The van der Waals surface area contributed by atoms with Crippen LogP contribution in [-0.2, 0) is 0 Å². The SMILES string of the molecule is c1cncc(-c2nc(-c3ccc4c(c3)oc3ccccc34)nc(-c3ccc(-c4ccc5c(c4)oc4ccccc45)c4c3oc3ccccc34)n2)c1. The van der Waals surface area contributed by atoms with Gasteiger partial charge in [0.2, 0.25) is 0 Å². The average Bonchev–Trinajstić information content (AvgIpc) is 3.88. The Labute approximate surface area is 289 Å². The lowest BCUT2D eigenvalue weighted by molar-refractivity contribution is 0.668. The van der Waals surface area contributed by atoms with Crippen LogP contribution in [0.25, 0.3) is 111 Å². The molecule has 0 aliphatic carbocycles. The monoisotopic (exact) mass is 656 g/mol. The number of benzene rings is 6. The van der Waals surface area contributed by atoms with Gasteiger partial charge in [-0.15, -0.1) is 0 Å². The zero-order valence-electron chi connectivity index (χ0n) is 26.9. The van der Waals surface area contributed by atoms with Gasteiger partial charge in [-0.25, -0.2) is 15.0 Å². The molecule has 7 heteroatoms. The van der Waals surface area contributed by atoms with Gasteiger partial charge in [0, 0.05) is 55.8 Å². The van der Waals surface area contributed by atoms with Crippen LogP contribution in [0.3, 0.4) is 0 Å². The summed E-state index contributed by atoms with van der Waals surface area (Å²) in [4.78, 5) is 19.4. The highest BCUT2D eigenvalue weighted by Gasteiger charge is 2.22. The summed E-state index contributed by atoms with van der Waals surface area (Å²) >= 11 is 0. The molecular formula is C44H24N4O3. The van der Waals surface area contributed by atoms with Crippen molar-refractivity contribution in [1.29, 1.82) is 0 Å². The molecule has 5 aromatic heterocycles. The lowest BCUT2D eigenvalue weighted by Gasteiger charge is -2.10. The molecule has 0 atom stereocenters. The highest BCUT2D eigenvalue weighted by Crippen LogP contribution is 2.43. The molecule has 0 bridgehead atoms. The summed E-state index contributed by atoms with van der Waals surface area (Å²) in [7, 11) is 0. The van der Waals surface area contributed by atoms with Crippen LogP contribution in [0.4, 0.5) is 0 Å². The lowest BCUT2D eigenvalue weighted by atomic mass is 9.96. The summed E-state index contributed by atoms with van der Waals surface area (Å²) in [5.74, 6) is 1.52. The molecule has 0 amide bonds. The van der Waals surface area contributed by atoms with Crippen molar-refractivity contribution in [3.63, 3.8) is 0 Å². The van der Waals surface area contributed by atoms with Crippen molar-refractivity contribution in [2.45, 2.75) is 0 Å². The molecule has 238 valence electrons. The van der Waals surface area contributed by atoms with E-state index in [0.717, 1.165) is 88.0 Å². The third-order valence-corrected chi connectivity index (χ3v) is 9.65. The average molecular weight is 657 g/mol. The van der Waals surface area contributed by atoms with E-state index in [-0.39, 0.29) is 0 Å². The zero-order chi connectivity index (χ0) is 33.5. The van der Waals surface area contributed by atoms with Gasteiger partial charge in [0.1, 0.15) is 33.5 Å². The second-order valence-electron chi connectivity index (χ2n) is 12.6. The minimum Gasteiger partial charge on any atom is -0.456 e. The van der Waals surface area contributed by atoms with Crippen LogP contribution >= 0.6 is 0 Å². The molecule has 11 rings (SSSR count). The molecule has 11 aromatic rings. The Morgan fingerprint density at radius 1 is 0.373 bits per heavy atom. The fraction of sp³-hybridized carbons (Fsp3) is 0. The molecule has 0 unspecified atom stereocenters. The first-order valence-electron chi connectivity index (χ1n) is 16.7. The maximum Gasteiger partial charge on any atom is 0.167 e. The van der Waals surface area contributed by atoms with Gasteiger partial charge < -0.3 is 13.3 Å². The van der Waals surface area contributed by atoms with Crippen LogP contribution in [0.15, 0.2) is 159 Å². The maximum absolute atomic E-state index is 6.67. The molecular weight excluding hydrogens is 633 g/mol. The van der Waals surface area contributed by atoms with E-state index in [1.54, 1.807) is 12.4 Å². The summed E-state index contributed by atoms with van der Waals surface area (Å²) in [5, 5.41) is 6.27. The first-order chi connectivity index (χ1) is 25.2. The predicted octanol–water partition coefficient (Wildman–Crippen LogP) is 11.6. The van der Waals surface area contributed by atoms with E-state index in [4.69, 9.17) is 28.2 Å². The molecule has 51 heavy (non-hydrogen) atoms. The molecule has 0 radical (unpaired) electrons. The number of hydrogen-bond donors (Lipinski definition) is 0. The van der Waals surface area contributed by atoms with Gasteiger partial charge in [-0.3, -0.25) is 4.98 Å². The smallest absolute Gasteiger partial charge is 0.167 e. The number of pyridine rings is 1. The largest absolute Gasteiger partial charge is 0.456 e. The summed E-state index contributed by atoms with van der Waals surface area (Å²) < 4.78 is 19.2. The number of para-hydroxylation sites is 3. The molecule has 7 nitrogen and oxygen atoms in total. The number of hydrogen-bond acceptors (Lipinski definition) is 7. The molecule has 5 heterocycles. The number of aromatic nitrogens is 4. The summed E-state index contributed by atoms with van der Waals surface area (Å²) in [6.07, 6.45) is 3.50. The quantitative estimate of drug-likeness (QED) is 0.186. The third kappa shape index (κ3) is 4.31. The third-order valence-electron chi connectivity index (χ3n) is 9.65. The Hall–Kier alpha value is -7.12. The Morgan fingerprint density at radius 3 is 1.61 bits per heavy atom. The standard InChI is InChI=1S/C44H24N4O3/c1-4-12-35-29(9-1)31-17-15-25(22-38(31)49-35)28-19-20-34(41-40(28)33-11-3-6-14-37(33)51-41)44-47-42(46-43(48-44)27-8-7-21-45-24-27)26-16-18-32-30-10-2-5-13-36(30)50-39(32)23-26/h1-24H. The highest BCUT2D eigenvalue weighted by molar-refractivity contribution is 6.17. The fourth-order valence-corrected chi connectivity index (χ4v) is 7.25. The molecule has 0 N–H and O–H groups in total. The van der Waals surface area contributed by atoms with Gasteiger partial charge in [-0.2, -0.15) is 0 Å². The number of rotatable bonds is 4. The van der Waals surface area contributed by atoms with Crippen molar-refractivity contribution < 1.29 is 13.3 Å². The van der Waals surface area contributed by atoms with Crippen molar-refractivity contribution >= 4 is 65.8 Å². The Bertz CT molecular complexity index is 3160. The van der Waals surface area contributed by atoms with E-state index in [1.165, 1.54) is 0 Å². The minimum absolute atomic E-state index is 0.492. The van der Waals surface area contributed by atoms with Crippen LogP contribution in [-0.4, -0.2) is 19.9 Å². The van der Waals surface area contributed by atoms with E-state index in [1.807, 2.05) is 84.9 Å². The molecule has 0 aliphatic rings. The highest BCUT2D eigenvalue weighted by atomic mass is 16.3. The molecule has 0 saturated carbocycles. The number of furan rings is 3.